The standard InChI is InChI=1S/C16H18F3N5O/c1-4-23(15(25)22(3)9-7-16(17,18)19)14-11-24(21-12(14)2)13-6-5-8-20-10-13/h4-6,8,10-11H,1,7,9H2,2-3H3. The number of halogens is 3. The molecule has 0 fully saturated rings. The molecule has 0 aromatic carbocycles. The Morgan fingerprint density at radius 2 is 2.16 bits per heavy atom. The summed E-state index contributed by atoms with van der Waals surface area (Å²) in [6.45, 7) is 4.83. The third-order valence-corrected chi connectivity index (χ3v) is 3.49. The average molecular weight is 353 g/mol. The van der Waals surface area contributed by atoms with E-state index in [2.05, 4.69) is 16.7 Å². The number of carbonyl (C=O) groups excluding carboxylic acids is 1. The SMILES string of the molecule is C=CN(C(=O)N(C)CCC(F)(F)F)c1cn(-c2cccnc2)nc1C. The van der Waals surface area contributed by atoms with Gasteiger partial charge in [0.1, 0.15) is 0 Å². The number of rotatable bonds is 5. The molecule has 6 nitrogen and oxygen atoms in total. The molecule has 0 spiro atoms. The van der Waals surface area contributed by atoms with Crippen LogP contribution in [0.2, 0.25) is 0 Å². The number of hydrogen-bond acceptors (Lipinski definition) is 3. The van der Waals surface area contributed by atoms with E-state index in [1.54, 1.807) is 37.6 Å². The first-order valence-electron chi connectivity index (χ1n) is 7.43. The maximum absolute atomic E-state index is 12.5. The molecule has 0 aliphatic heterocycles. The van der Waals surface area contributed by atoms with Crippen LogP contribution in [0, 0.1) is 6.92 Å². The van der Waals surface area contributed by atoms with Gasteiger partial charge in [0.15, 0.2) is 0 Å². The van der Waals surface area contributed by atoms with Crippen molar-refractivity contribution in [3.8, 4) is 5.69 Å². The number of aromatic nitrogens is 3. The number of aryl methyl sites for hydroxylation is 1. The fourth-order valence-corrected chi connectivity index (χ4v) is 2.16. The van der Waals surface area contributed by atoms with E-state index in [0.29, 0.717) is 17.1 Å². The highest BCUT2D eigenvalue weighted by molar-refractivity contribution is 5.94. The van der Waals surface area contributed by atoms with Gasteiger partial charge in [0, 0.05) is 26.0 Å². The summed E-state index contributed by atoms with van der Waals surface area (Å²) in [7, 11) is 1.31. The van der Waals surface area contributed by atoms with Crippen LogP contribution < -0.4 is 4.90 Å². The number of anilines is 1. The predicted molar refractivity (Wildman–Crippen MR) is 87.5 cm³/mol. The quantitative estimate of drug-likeness (QED) is 0.826. The van der Waals surface area contributed by atoms with Crippen molar-refractivity contribution in [2.75, 3.05) is 18.5 Å². The molecule has 0 saturated heterocycles. The lowest BCUT2D eigenvalue weighted by Gasteiger charge is -2.25. The Labute approximate surface area is 143 Å². The van der Waals surface area contributed by atoms with Crippen LogP contribution in [0.1, 0.15) is 12.1 Å². The van der Waals surface area contributed by atoms with Gasteiger partial charge in [-0.3, -0.25) is 9.88 Å². The minimum atomic E-state index is -4.32. The Kier molecular flexibility index (Phi) is 5.45. The summed E-state index contributed by atoms with van der Waals surface area (Å²) in [4.78, 5) is 18.6. The van der Waals surface area contributed by atoms with E-state index < -0.39 is 25.2 Å². The van der Waals surface area contributed by atoms with Gasteiger partial charge in [-0.2, -0.15) is 18.3 Å². The van der Waals surface area contributed by atoms with Crippen LogP contribution in [0.4, 0.5) is 23.7 Å². The minimum absolute atomic E-state index is 0.433. The highest BCUT2D eigenvalue weighted by Crippen LogP contribution is 2.24. The zero-order valence-corrected chi connectivity index (χ0v) is 13.9. The first-order chi connectivity index (χ1) is 11.7. The van der Waals surface area contributed by atoms with Gasteiger partial charge in [0.05, 0.1) is 35.9 Å². The van der Waals surface area contributed by atoms with Crippen molar-refractivity contribution in [2.24, 2.45) is 0 Å². The second kappa shape index (κ2) is 7.37. The number of urea groups is 1. The topological polar surface area (TPSA) is 54.3 Å². The Morgan fingerprint density at radius 3 is 2.72 bits per heavy atom. The number of alkyl halides is 3. The van der Waals surface area contributed by atoms with Crippen LogP contribution in [0.15, 0.2) is 43.5 Å². The van der Waals surface area contributed by atoms with Crippen LogP contribution in [0.5, 0.6) is 0 Å². The molecule has 2 amide bonds. The van der Waals surface area contributed by atoms with E-state index in [0.717, 1.165) is 4.90 Å². The lowest BCUT2D eigenvalue weighted by atomic mass is 10.3. The second-order valence-corrected chi connectivity index (χ2v) is 5.38. The van der Waals surface area contributed by atoms with Gasteiger partial charge in [-0.15, -0.1) is 0 Å². The van der Waals surface area contributed by atoms with Crippen LogP contribution in [-0.4, -0.2) is 45.5 Å². The number of carbonyl (C=O) groups is 1. The summed E-state index contributed by atoms with van der Waals surface area (Å²) < 4.78 is 38.6. The molecule has 0 aliphatic rings. The van der Waals surface area contributed by atoms with Crippen LogP contribution >= 0.6 is 0 Å². The fraction of sp³-hybridized carbons (Fsp3) is 0.312. The van der Waals surface area contributed by atoms with E-state index in [1.165, 1.54) is 22.8 Å². The Bertz CT molecular complexity index is 742. The maximum Gasteiger partial charge on any atom is 0.390 e. The molecule has 0 saturated carbocycles. The van der Waals surface area contributed by atoms with Crippen molar-refractivity contribution in [1.82, 2.24) is 19.7 Å². The molecule has 0 bridgehead atoms. The number of nitrogens with zero attached hydrogens (tertiary/aromatic N) is 5. The normalized spacial score (nSPS) is 11.2. The zero-order valence-electron chi connectivity index (χ0n) is 13.9. The van der Waals surface area contributed by atoms with Crippen molar-refractivity contribution in [2.45, 2.75) is 19.5 Å². The van der Waals surface area contributed by atoms with Gasteiger partial charge in [-0.25, -0.2) is 9.48 Å². The molecule has 134 valence electrons. The molecule has 0 unspecified atom stereocenters. The highest BCUT2D eigenvalue weighted by atomic mass is 19.4. The van der Waals surface area contributed by atoms with E-state index in [-0.39, 0.29) is 0 Å². The van der Waals surface area contributed by atoms with Gasteiger partial charge >= 0.3 is 12.2 Å². The second-order valence-electron chi connectivity index (χ2n) is 5.38. The minimum Gasteiger partial charge on any atom is -0.327 e. The summed E-state index contributed by atoms with van der Waals surface area (Å²) in [6.07, 6.45) is 0.679. The molecule has 9 heteroatoms. The molecule has 0 radical (unpaired) electrons. The number of hydrogen-bond donors (Lipinski definition) is 0. The Morgan fingerprint density at radius 1 is 1.44 bits per heavy atom. The van der Waals surface area contributed by atoms with Crippen molar-refractivity contribution in [3.05, 3.63) is 49.2 Å². The summed E-state index contributed by atoms with van der Waals surface area (Å²) in [5.74, 6) is 0. The van der Waals surface area contributed by atoms with Gasteiger partial charge in [-0.1, -0.05) is 6.58 Å². The highest BCUT2D eigenvalue weighted by Gasteiger charge is 2.29. The third kappa shape index (κ3) is 4.59. The maximum atomic E-state index is 12.5. The van der Waals surface area contributed by atoms with Crippen molar-refractivity contribution < 1.29 is 18.0 Å². The first kappa shape index (κ1) is 18.5. The third-order valence-electron chi connectivity index (χ3n) is 3.49. The average Bonchev–Trinajstić information content (AvgIpc) is 2.95. The molecule has 2 heterocycles. The van der Waals surface area contributed by atoms with Crippen LogP contribution in [0.3, 0.4) is 0 Å². The van der Waals surface area contributed by atoms with E-state index in [4.69, 9.17) is 0 Å². The monoisotopic (exact) mass is 353 g/mol. The number of pyridine rings is 1. The molecule has 0 atom stereocenters. The predicted octanol–water partition coefficient (Wildman–Crippen LogP) is 3.53. The van der Waals surface area contributed by atoms with Crippen molar-refractivity contribution >= 4 is 11.7 Å². The zero-order chi connectivity index (χ0) is 18.6. The molecule has 2 aromatic rings. The molecular weight excluding hydrogens is 335 g/mol. The Hall–Kier alpha value is -2.84. The summed E-state index contributed by atoms with van der Waals surface area (Å²) in [6, 6.07) is 2.92. The first-order valence-corrected chi connectivity index (χ1v) is 7.43. The largest absolute Gasteiger partial charge is 0.390 e. The van der Waals surface area contributed by atoms with Gasteiger partial charge < -0.3 is 4.90 Å². The lowest BCUT2D eigenvalue weighted by molar-refractivity contribution is -0.135. The van der Waals surface area contributed by atoms with Crippen molar-refractivity contribution in [1.29, 1.82) is 0 Å². The van der Waals surface area contributed by atoms with Crippen LogP contribution in [-0.2, 0) is 0 Å². The lowest BCUT2D eigenvalue weighted by Crippen LogP contribution is -2.39. The molecule has 0 aliphatic carbocycles. The van der Waals surface area contributed by atoms with Gasteiger partial charge in [-0.05, 0) is 19.1 Å². The van der Waals surface area contributed by atoms with Gasteiger partial charge in [0.2, 0.25) is 0 Å². The molecule has 25 heavy (non-hydrogen) atoms. The molecular formula is C16H18F3N5O. The number of amides is 2. The summed E-state index contributed by atoms with van der Waals surface area (Å²) in [5.41, 5.74) is 1.66. The van der Waals surface area contributed by atoms with E-state index in [9.17, 15) is 18.0 Å². The smallest absolute Gasteiger partial charge is 0.327 e. The van der Waals surface area contributed by atoms with Gasteiger partial charge in [0.25, 0.3) is 0 Å². The van der Waals surface area contributed by atoms with Crippen molar-refractivity contribution in [3.63, 3.8) is 0 Å². The Balaban J connectivity index is 2.21. The molecule has 2 aromatic heterocycles. The van der Waals surface area contributed by atoms with Crippen LogP contribution in [0.25, 0.3) is 5.69 Å². The van der Waals surface area contributed by atoms with E-state index in [1.807, 2.05) is 0 Å². The molecule has 0 N–H and O–H groups in total. The molecule has 2 rings (SSSR count). The summed E-state index contributed by atoms with van der Waals surface area (Å²) in [5, 5.41) is 4.31. The summed E-state index contributed by atoms with van der Waals surface area (Å²) >= 11 is 0. The van der Waals surface area contributed by atoms with E-state index >= 15 is 0 Å². The fourth-order valence-electron chi connectivity index (χ4n) is 2.16.